The third-order valence-electron chi connectivity index (χ3n) is 4.36. The van der Waals surface area contributed by atoms with Gasteiger partial charge in [-0.15, -0.1) is 0 Å². The molecule has 1 aliphatic heterocycles. The maximum Gasteiger partial charge on any atom is 0.355 e. The second-order valence-corrected chi connectivity index (χ2v) is 6.31. The molecule has 122 valence electrons. The molecule has 2 aromatic rings. The second kappa shape index (κ2) is 6.07. The summed E-state index contributed by atoms with van der Waals surface area (Å²) in [5, 5.41) is 1.00. The third-order valence-corrected chi connectivity index (χ3v) is 4.36. The van der Waals surface area contributed by atoms with Crippen molar-refractivity contribution in [2.24, 2.45) is 0 Å². The van der Waals surface area contributed by atoms with E-state index in [0.717, 1.165) is 48.0 Å². The van der Waals surface area contributed by atoms with Gasteiger partial charge in [-0.25, -0.2) is 4.79 Å². The topological polar surface area (TPSA) is 62.4 Å². The van der Waals surface area contributed by atoms with Gasteiger partial charge in [-0.2, -0.15) is 0 Å². The number of nitrogens with one attached hydrogen (secondary N) is 1. The fourth-order valence-electron chi connectivity index (χ4n) is 3.18. The van der Waals surface area contributed by atoms with E-state index < -0.39 is 12.1 Å². The van der Waals surface area contributed by atoms with E-state index in [1.807, 2.05) is 19.9 Å². The molecule has 5 heteroatoms. The molecule has 0 radical (unpaired) electrons. The SMILES string of the molecule is Cc1cc(C)c2cc(C(=O)OC(C)C(=O)N3CCCC3)[nH]c2c1. The van der Waals surface area contributed by atoms with Crippen molar-refractivity contribution in [3.05, 3.63) is 35.0 Å². The Hall–Kier alpha value is -2.30. The number of aromatic amines is 1. The Kier molecular flexibility index (Phi) is 4.11. The van der Waals surface area contributed by atoms with Gasteiger partial charge in [0.05, 0.1) is 0 Å². The van der Waals surface area contributed by atoms with Gasteiger partial charge >= 0.3 is 5.97 Å². The molecule has 0 saturated carbocycles. The van der Waals surface area contributed by atoms with E-state index in [0.29, 0.717) is 5.69 Å². The zero-order valence-electron chi connectivity index (χ0n) is 13.8. The fourth-order valence-corrected chi connectivity index (χ4v) is 3.18. The third kappa shape index (κ3) is 3.09. The van der Waals surface area contributed by atoms with E-state index in [1.54, 1.807) is 17.9 Å². The highest BCUT2D eigenvalue weighted by atomic mass is 16.5. The number of esters is 1. The lowest BCUT2D eigenvalue weighted by molar-refractivity contribution is -0.138. The number of fused-ring (bicyclic) bond motifs is 1. The number of carbonyl (C=O) groups excluding carboxylic acids is 2. The normalized spacial score (nSPS) is 15.9. The van der Waals surface area contributed by atoms with Crippen molar-refractivity contribution in [1.29, 1.82) is 0 Å². The summed E-state index contributed by atoms with van der Waals surface area (Å²) < 4.78 is 5.35. The van der Waals surface area contributed by atoms with Gasteiger partial charge in [-0.05, 0) is 56.9 Å². The van der Waals surface area contributed by atoms with Crippen molar-refractivity contribution in [2.75, 3.05) is 13.1 Å². The Bertz CT molecular complexity index is 757. The molecule has 0 spiro atoms. The zero-order chi connectivity index (χ0) is 16.6. The number of aromatic nitrogens is 1. The van der Waals surface area contributed by atoms with Crippen LogP contribution in [-0.2, 0) is 9.53 Å². The van der Waals surface area contributed by atoms with Crippen LogP contribution < -0.4 is 0 Å². The van der Waals surface area contributed by atoms with Gasteiger partial charge in [-0.3, -0.25) is 4.79 Å². The number of H-pyrrole nitrogens is 1. The molecule has 1 amide bonds. The molecular weight excluding hydrogens is 292 g/mol. The van der Waals surface area contributed by atoms with Crippen LogP contribution in [0, 0.1) is 13.8 Å². The van der Waals surface area contributed by atoms with E-state index in [-0.39, 0.29) is 5.91 Å². The highest BCUT2D eigenvalue weighted by molar-refractivity contribution is 5.97. The standard InChI is InChI=1S/C18H22N2O3/c1-11-8-12(2)14-10-16(19-15(14)9-11)18(22)23-13(3)17(21)20-6-4-5-7-20/h8-10,13,19H,4-7H2,1-3H3. The van der Waals surface area contributed by atoms with Crippen LogP contribution in [0.5, 0.6) is 0 Å². The first-order chi connectivity index (χ1) is 11.0. The molecule has 1 fully saturated rings. The van der Waals surface area contributed by atoms with Crippen LogP contribution in [0.4, 0.5) is 0 Å². The molecule has 0 aliphatic carbocycles. The maximum absolute atomic E-state index is 12.3. The van der Waals surface area contributed by atoms with Gasteiger partial charge in [-0.1, -0.05) is 6.07 Å². The van der Waals surface area contributed by atoms with E-state index in [9.17, 15) is 9.59 Å². The number of ether oxygens (including phenoxy) is 1. The van der Waals surface area contributed by atoms with E-state index >= 15 is 0 Å². The Morgan fingerprint density at radius 2 is 1.87 bits per heavy atom. The number of carbonyl (C=O) groups is 2. The monoisotopic (exact) mass is 314 g/mol. The average molecular weight is 314 g/mol. The molecule has 2 heterocycles. The number of rotatable bonds is 3. The van der Waals surface area contributed by atoms with Crippen molar-refractivity contribution in [2.45, 2.75) is 39.7 Å². The minimum Gasteiger partial charge on any atom is -0.448 e. The Morgan fingerprint density at radius 1 is 1.17 bits per heavy atom. The highest BCUT2D eigenvalue weighted by Gasteiger charge is 2.26. The average Bonchev–Trinajstić information content (AvgIpc) is 3.15. The summed E-state index contributed by atoms with van der Waals surface area (Å²) in [6, 6.07) is 5.86. The molecule has 1 unspecified atom stereocenters. The van der Waals surface area contributed by atoms with Crippen molar-refractivity contribution in [1.82, 2.24) is 9.88 Å². The molecule has 1 saturated heterocycles. The van der Waals surface area contributed by atoms with E-state index in [1.165, 1.54) is 0 Å². The van der Waals surface area contributed by atoms with Crippen LogP contribution in [0.1, 0.15) is 41.4 Å². The first-order valence-corrected chi connectivity index (χ1v) is 8.05. The quantitative estimate of drug-likeness (QED) is 0.886. The Morgan fingerprint density at radius 3 is 2.57 bits per heavy atom. The largest absolute Gasteiger partial charge is 0.448 e. The van der Waals surface area contributed by atoms with Crippen LogP contribution in [0.25, 0.3) is 10.9 Å². The van der Waals surface area contributed by atoms with Gasteiger partial charge in [0.15, 0.2) is 6.10 Å². The van der Waals surface area contributed by atoms with Gasteiger partial charge in [0, 0.05) is 24.0 Å². The minimum atomic E-state index is -0.755. The van der Waals surface area contributed by atoms with Crippen LogP contribution >= 0.6 is 0 Å². The molecule has 1 aromatic carbocycles. The zero-order valence-corrected chi connectivity index (χ0v) is 13.8. The molecule has 1 aromatic heterocycles. The smallest absolute Gasteiger partial charge is 0.355 e. The molecule has 1 atom stereocenters. The summed E-state index contributed by atoms with van der Waals surface area (Å²) in [5.41, 5.74) is 3.54. The number of hydrogen-bond acceptors (Lipinski definition) is 3. The first-order valence-electron chi connectivity index (χ1n) is 8.05. The summed E-state index contributed by atoms with van der Waals surface area (Å²) in [4.78, 5) is 29.4. The molecular formula is C18H22N2O3. The number of likely N-dealkylation sites (tertiary alicyclic amines) is 1. The lowest BCUT2D eigenvalue weighted by Crippen LogP contribution is -2.38. The van der Waals surface area contributed by atoms with Crippen molar-refractivity contribution < 1.29 is 14.3 Å². The highest BCUT2D eigenvalue weighted by Crippen LogP contribution is 2.22. The second-order valence-electron chi connectivity index (χ2n) is 6.31. The number of amides is 1. The summed E-state index contributed by atoms with van der Waals surface area (Å²) in [7, 11) is 0. The molecule has 23 heavy (non-hydrogen) atoms. The maximum atomic E-state index is 12.3. The van der Waals surface area contributed by atoms with Crippen LogP contribution in [-0.4, -0.2) is 41.0 Å². The lowest BCUT2D eigenvalue weighted by Gasteiger charge is -2.20. The number of nitrogens with zero attached hydrogens (tertiary/aromatic N) is 1. The van der Waals surface area contributed by atoms with Crippen molar-refractivity contribution in [3.63, 3.8) is 0 Å². The number of aryl methyl sites for hydroxylation is 2. The van der Waals surface area contributed by atoms with Crippen LogP contribution in [0.15, 0.2) is 18.2 Å². The summed E-state index contributed by atoms with van der Waals surface area (Å²) in [5.74, 6) is -0.600. The van der Waals surface area contributed by atoms with E-state index in [2.05, 4.69) is 11.1 Å². The number of hydrogen-bond donors (Lipinski definition) is 1. The van der Waals surface area contributed by atoms with Crippen molar-refractivity contribution >= 4 is 22.8 Å². The fraction of sp³-hybridized carbons (Fsp3) is 0.444. The van der Waals surface area contributed by atoms with Crippen molar-refractivity contribution in [3.8, 4) is 0 Å². The molecule has 1 aliphatic rings. The summed E-state index contributed by atoms with van der Waals surface area (Å²) >= 11 is 0. The minimum absolute atomic E-state index is 0.112. The Balaban J connectivity index is 1.75. The van der Waals surface area contributed by atoms with Gasteiger partial charge in [0.25, 0.3) is 5.91 Å². The molecule has 3 rings (SSSR count). The van der Waals surface area contributed by atoms with Gasteiger partial charge in [0.1, 0.15) is 5.69 Å². The predicted molar refractivity (Wildman–Crippen MR) is 88.5 cm³/mol. The van der Waals surface area contributed by atoms with Crippen LogP contribution in [0.2, 0.25) is 0 Å². The van der Waals surface area contributed by atoms with E-state index in [4.69, 9.17) is 4.74 Å². The molecule has 0 bridgehead atoms. The van der Waals surface area contributed by atoms with Gasteiger partial charge in [0.2, 0.25) is 0 Å². The van der Waals surface area contributed by atoms with Gasteiger partial charge < -0.3 is 14.6 Å². The molecule has 5 nitrogen and oxygen atoms in total. The Labute approximate surface area is 135 Å². The number of benzene rings is 1. The first kappa shape index (κ1) is 15.6. The summed E-state index contributed by atoms with van der Waals surface area (Å²) in [6.45, 7) is 7.17. The summed E-state index contributed by atoms with van der Waals surface area (Å²) in [6.07, 6.45) is 1.29. The molecule has 1 N–H and O–H groups in total. The van der Waals surface area contributed by atoms with Crippen LogP contribution in [0.3, 0.4) is 0 Å². The lowest BCUT2D eigenvalue weighted by atomic mass is 10.1. The predicted octanol–water partition coefficient (Wildman–Crippen LogP) is 2.95.